The standard InChI is InChI=1S/C21H22N2O/c1-4-24-21-12-10-20(11-13-21)23-16(2)14-18(17(23)3)15-22-19-8-6-5-7-9-19/h5-15H,4H2,1-3H3. The number of nitrogens with zero attached hydrogens (tertiary/aromatic N) is 2. The molecule has 1 heterocycles. The summed E-state index contributed by atoms with van der Waals surface area (Å²) >= 11 is 0. The van der Waals surface area contributed by atoms with Crippen LogP contribution in [0.15, 0.2) is 65.7 Å². The summed E-state index contributed by atoms with van der Waals surface area (Å²) in [6.45, 7) is 6.91. The molecule has 0 bridgehead atoms. The van der Waals surface area contributed by atoms with E-state index < -0.39 is 0 Å². The fourth-order valence-electron chi connectivity index (χ4n) is 2.83. The lowest BCUT2D eigenvalue weighted by Gasteiger charge is -2.10. The molecule has 0 aliphatic rings. The molecule has 1 aromatic heterocycles. The Labute approximate surface area is 143 Å². The van der Waals surface area contributed by atoms with Crippen LogP contribution >= 0.6 is 0 Å². The highest BCUT2D eigenvalue weighted by Gasteiger charge is 2.09. The number of rotatable bonds is 5. The predicted molar refractivity (Wildman–Crippen MR) is 100 cm³/mol. The molecule has 122 valence electrons. The van der Waals surface area contributed by atoms with E-state index in [1.165, 1.54) is 11.4 Å². The minimum absolute atomic E-state index is 0.682. The van der Waals surface area contributed by atoms with E-state index in [2.05, 4.69) is 41.6 Å². The fraction of sp³-hybridized carbons (Fsp3) is 0.190. The third kappa shape index (κ3) is 3.40. The van der Waals surface area contributed by atoms with E-state index in [0.717, 1.165) is 22.7 Å². The van der Waals surface area contributed by atoms with Crippen LogP contribution in [0.5, 0.6) is 5.75 Å². The van der Waals surface area contributed by atoms with Gasteiger partial charge in [-0.2, -0.15) is 0 Å². The summed E-state index contributed by atoms with van der Waals surface area (Å²) in [5, 5.41) is 0. The first-order valence-corrected chi connectivity index (χ1v) is 8.20. The van der Waals surface area contributed by atoms with Crippen molar-refractivity contribution >= 4 is 11.9 Å². The van der Waals surface area contributed by atoms with Crippen LogP contribution in [0.4, 0.5) is 5.69 Å². The fourth-order valence-corrected chi connectivity index (χ4v) is 2.83. The van der Waals surface area contributed by atoms with Crippen molar-refractivity contribution in [2.45, 2.75) is 20.8 Å². The van der Waals surface area contributed by atoms with E-state index in [9.17, 15) is 0 Å². The summed E-state index contributed by atoms with van der Waals surface area (Å²) in [7, 11) is 0. The summed E-state index contributed by atoms with van der Waals surface area (Å²) in [6, 6.07) is 20.3. The zero-order valence-corrected chi connectivity index (χ0v) is 14.4. The van der Waals surface area contributed by atoms with Crippen molar-refractivity contribution in [1.82, 2.24) is 4.57 Å². The second-order valence-electron chi connectivity index (χ2n) is 5.68. The normalized spacial score (nSPS) is 11.1. The number of aromatic nitrogens is 1. The molecule has 0 amide bonds. The zero-order chi connectivity index (χ0) is 16.9. The van der Waals surface area contributed by atoms with Crippen LogP contribution in [0.25, 0.3) is 5.69 Å². The molecule has 2 aromatic carbocycles. The molecule has 3 nitrogen and oxygen atoms in total. The molecule has 0 saturated carbocycles. The highest BCUT2D eigenvalue weighted by atomic mass is 16.5. The Morgan fingerprint density at radius 1 is 1.00 bits per heavy atom. The Kier molecular flexibility index (Phi) is 4.80. The molecule has 0 saturated heterocycles. The summed E-state index contributed by atoms with van der Waals surface area (Å²) < 4.78 is 7.76. The van der Waals surface area contributed by atoms with Gasteiger partial charge in [0.05, 0.1) is 12.3 Å². The quantitative estimate of drug-likeness (QED) is 0.591. The highest BCUT2D eigenvalue weighted by Crippen LogP contribution is 2.22. The maximum atomic E-state index is 5.52. The maximum Gasteiger partial charge on any atom is 0.119 e. The molecule has 0 unspecified atom stereocenters. The van der Waals surface area contributed by atoms with Crippen LogP contribution in [-0.4, -0.2) is 17.4 Å². The molecule has 0 aliphatic heterocycles. The summed E-state index contributed by atoms with van der Waals surface area (Å²) in [6.07, 6.45) is 1.93. The summed E-state index contributed by atoms with van der Waals surface area (Å²) in [4.78, 5) is 4.57. The largest absolute Gasteiger partial charge is 0.494 e. The van der Waals surface area contributed by atoms with Crippen molar-refractivity contribution in [3.8, 4) is 11.4 Å². The SMILES string of the molecule is CCOc1ccc(-n2c(C)cc(C=Nc3ccccc3)c2C)cc1. The van der Waals surface area contributed by atoms with Gasteiger partial charge in [-0.25, -0.2) is 0 Å². The average Bonchev–Trinajstić information content (AvgIpc) is 2.89. The number of hydrogen-bond donors (Lipinski definition) is 0. The minimum Gasteiger partial charge on any atom is -0.494 e. The van der Waals surface area contributed by atoms with Crippen LogP contribution in [0.2, 0.25) is 0 Å². The van der Waals surface area contributed by atoms with Gasteiger partial charge >= 0.3 is 0 Å². The number of para-hydroxylation sites is 1. The number of aliphatic imine (C=N–C) groups is 1. The first-order chi connectivity index (χ1) is 11.7. The van der Waals surface area contributed by atoms with Gasteiger partial charge in [0.2, 0.25) is 0 Å². The van der Waals surface area contributed by atoms with E-state index in [4.69, 9.17) is 4.74 Å². The van der Waals surface area contributed by atoms with Gasteiger partial charge < -0.3 is 9.30 Å². The van der Waals surface area contributed by atoms with Gasteiger partial charge in [-0.05, 0) is 63.2 Å². The molecule has 3 rings (SSSR count). The van der Waals surface area contributed by atoms with Crippen molar-refractivity contribution < 1.29 is 4.74 Å². The molecule has 0 atom stereocenters. The Morgan fingerprint density at radius 3 is 2.38 bits per heavy atom. The van der Waals surface area contributed by atoms with Crippen LogP contribution < -0.4 is 4.74 Å². The lowest BCUT2D eigenvalue weighted by Crippen LogP contribution is -2.00. The van der Waals surface area contributed by atoms with Crippen LogP contribution in [0, 0.1) is 13.8 Å². The third-order valence-electron chi connectivity index (χ3n) is 3.99. The van der Waals surface area contributed by atoms with Crippen LogP contribution in [0.3, 0.4) is 0 Å². The van der Waals surface area contributed by atoms with Gasteiger partial charge in [-0.1, -0.05) is 18.2 Å². The van der Waals surface area contributed by atoms with Crippen molar-refractivity contribution in [3.05, 3.63) is 77.6 Å². The van der Waals surface area contributed by atoms with E-state index >= 15 is 0 Å². The molecule has 0 spiro atoms. The zero-order valence-electron chi connectivity index (χ0n) is 14.4. The van der Waals surface area contributed by atoms with Gasteiger partial charge in [-0.15, -0.1) is 0 Å². The smallest absolute Gasteiger partial charge is 0.119 e. The second kappa shape index (κ2) is 7.18. The minimum atomic E-state index is 0.682. The molecular formula is C21H22N2O. The highest BCUT2D eigenvalue weighted by molar-refractivity contribution is 5.84. The van der Waals surface area contributed by atoms with Gasteiger partial charge in [0.25, 0.3) is 0 Å². The van der Waals surface area contributed by atoms with Crippen molar-refractivity contribution in [2.75, 3.05) is 6.61 Å². The lowest BCUT2D eigenvalue weighted by atomic mass is 10.2. The molecule has 24 heavy (non-hydrogen) atoms. The summed E-state index contributed by atoms with van der Waals surface area (Å²) in [5.41, 5.74) is 5.59. The molecule has 0 radical (unpaired) electrons. The molecule has 0 N–H and O–H groups in total. The Morgan fingerprint density at radius 2 is 1.71 bits per heavy atom. The first-order valence-electron chi connectivity index (χ1n) is 8.20. The number of aryl methyl sites for hydroxylation is 1. The molecular weight excluding hydrogens is 296 g/mol. The van der Waals surface area contributed by atoms with Crippen molar-refractivity contribution in [3.63, 3.8) is 0 Å². The molecule has 3 heteroatoms. The topological polar surface area (TPSA) is 26.5 Å². The van der Waals surface area contributed by atoms with Crippen molar-refractivity contribution in [2.24, 2.45) is 4.99 Å². The number of hydrogen-bond acceptors (Lipinski definition) is 2. The maximum absolute atomic E-state index is 5.52. The second-order valence-corrected chi connectivity index (χ2v) is 5.68. The molecule has 3 aromatic rings. The van der Waals surface area contributed by atoms with Gasteiger partial charge in [0, 0.05) is 28.9 Å². The number of benzene rings is 2. The van der Waals surface area contributed by atoms with Gasteiger partial charge in [-0.3, -0.25) is 4.99 Å². The monoisotopic (exact) mass is 318 g/mol. The van der Waals surface area contributed by atoms with E-state index in [1.807, 2.05) is 55.6 Å². The van der Waals surface area contributed by atoms with E-state index in [1.54, 1.807) is 0 Å². The van der Waals surface area contributed by atoms with Gasteiger partial charge in [0.15, 0.2) is 0 Å². The summed E-state index contributed by atoms with van der Waals surface area (Å²) in [5.74, 6) is 0.898. The molecule has 0 aliphatic carbocycles. The van der Waals surface area contributed by atoms with Crippen LogP contribution in [-0.2, 0) is 0 Å². The average molecular weight is 318 g/mol. The van der Waals surface area contributed by atoms with E-state index in [0.29, 0.717) is 6.61 Å². The Bertz CT molecular complexity index is 830. The third-order valence-corrected chi connectivity index (χ3v) is 3.99. The lowest BCUT2D eigenvalue weighted by molar-refractivity contribution is 0.340. The predicted octanol–water partition coefficient (Wildman–Crippen LogP) is 5.24. The first kappa shape index (κ1) is 16.1. The van der Waals surface area contributed by atoms with Crippen molar-refractivity contribution in [1.29, 1.82) is 0 Å². The Balaban J connectivity index is 1.90. The number of ether oxygens (including phenoxy) is 1. The van der Waals surface area contributed by atoms with Gasteiger partial charge in [0.1, 0.15) is 5.75 Å². The Hall–Kier alpha value is -2.81. The molecule has 0 fully saturated rings. The van der Waals surface area contributed by atoms with E-state index in [-0.39, 0.29) is 0 Å². The van der Waals surface area contributed by atoms with Crippen LogP contribution in [0.1, 0.15) is 23.9 Å².